The van der Waals surface area contributed by atoms with Crippen molar-refractivity contribution in [1.29, 1.82) is 0 Å². The fraction of sp³-hybridized carbons (Fsp3) is 0.520. The van der Waals surface area contributed by atoms with Gasteiger partial charge in [0.25, 0.3) is 5.91 Å². The lowest BCUT2D eigenvalue weighted by Crippen LogP contribution is -2.36. The van der Waals surface area contributed by atoms with E-state index in [0.29, 0.717) is 23.9 Å². The first kappa shape index (κ1) is 25.4. The van der Waals surface area contributed by atoms with Gasteiger partial charge in [-0.05, 0) is 69.1 Å². The van der Waals surface area contributed by atoms with Gasteiger partial charge in [0.15, 0.2) is 0 Å². The molecule has 1 fully saturated rings. The molecule has 1 heterocycles. The molecular formula is C25H36N6O3. The van der Waals surface area contributed by atoms with Gasteiger partial charge in [0.1, 0.15) is 11.9 Å². The van der Waals surface area contributed by atoms with Crippen molar-refractivity contribution in [3.05, 3.63) is 42.1 Å². The molecule has 2 aromatic rings. The van der Waals surface area contributed by atoms with Crippen LogP contribution in [-0.4, -0.2) is 71.1 Å². The summed E-state index contributed by atoms with van der Waals surface area (Å²) in [4.78, 5) is 37.4. The van der Waals surface area contributed by atoms with Gasteiger partial charge in [-0.1, -0.05) is 20.3 Å². The Kier molecular flexibility index (Phi) is 9.63. The molecule has 1 aromatic heterocycles. The molecule has 3 rings (SSSR count). The van der Waals surface area contributed by atoms with Gasteiger partial charge < -0.3 is 19.9 Å². The summed E-state index contributed by atoms with van der Waals surface area (Å²) in [5, 5.41) is 5.78. The predicted octanol–water partition coefficient (Wildman–Crippen LogP) is 4.52. The van der Waals surface area contributed by atoms with Crippen LogP contribution < -0.4 is 10.6 Å². The van der Waals surface area contributed by atoms with Crippen molar-refractivity contribution in [2.24, 2.45) is 0 Å². The fourth-order valence-electron chi connectivity index (χ4n) is 3.94. The number of aromatic nitrogens is 2. The highest BCUT2D eigenvalue weighted by molar-refractivity contribution is 5.94. The first-order valence-electron chi connectivity index (χ1n) is 12.1. The van der Waals surface area contributed by atoms with E-state index in [9.17, 15) is 9.59 Å². The highest BCUT2D eigenvalue weighted by Gasteiger charge is 2.18. The Balaban J connectivity index is 1.52. The Morgan fingerprint density at radius 3 is 2.41 bits per heavy atom. The number of amides is 2. The zero-order chi connectivity index (χ0) is 24.3. The molecule has 2 amide bonds. The van der Waals surface area contributed by atoms with Gasteiger partial charge in [0, 0.05) is 37.6 Å². The van der Waals surface area contributed by atoms with Crippen LogP contribution in [0.4, 0.5) is 22.2 Å². The molecule has 0 bridgehead atoms. The highest BCUT2D eigenvalue weighted by Crippen LogP contribution is 2.21. The third-order valence-electron chi connectivity index (χ3n) is 6.09. The molecule has 9 nitrogen and oxygen atoms in total. The van der Waals surface area contributed by atoms with E-state index in [1.165, 1.54) is 6.42 Å². The standard InChI is InChI=1S/C25H36N6O3/c1-4-31(5-2)18-17-30(3)23(32)19-11-13-20(14-12-19)27-24-26-16-15-22(28-24)29-25(33)34-21-9-7-6-8-10-21/h11-16,21H,4-10,17-18H2,1-3H3,(H2,26,27,28,29,33). The topological polar surface area (TPSA) is 99.7 Å². The summed E-state index contributed by atoms with van der Waals surface area (Å²) in [6.07, 6.45) is 6.25. The van der Waals surface area contributed by atoms with Crippen LogP contribution in [0.3, 0.4) is 0 Å². The number of anilines is 3. The molecule has 0 atom stereocenters. The van der Waals surface area contributed by atoms with E-state index in [-0.39, 0.29) is 12.0 Å². The van der Waals surface area contributed by atoms with Crippen LogP contribution in [0, 0.1) is 0 Å². The molecule has 0 unspecified atom stereocenters. The highest BCUT2D eigenvalue weighted by atomic mass is 16.6. The normalized spacial score (nSPS) is 14.0. The molecule has 9 heteroatoms. The summed E-state index contributed by atoms with van der Waals surface area (Å²) in [6, 6.07) is 8.80. The van der Waals surface area contributed by atoms with Gasteiger partial charge in [0.2, 0.25) is 5.95 Å². The molecule has 0 radical (unpaired) electrons. The first-order valence-corrected chi connectivity index (χ1v) is 12.1. The van der Waals surface area contributed by atoms with Crippen LogP contribution in [0.15, 0.2) is 36.5 Å². The maximum atomic E-state index is 12.7. The van der Waals surface area contributed by atoms with Crippen molar-refractivity contribution >= 4 is 29.5 Å². The minimum atomic E-state index is -0.496. The Hall–Kier alpha value is -3.20. The minimum absolute atomic E-state index is 0.0161. The number of carbonyl (C=O) groups is 2. The van der Waals surface area contributed by atoms with Crippen molar-refractivity contribution in [2.45, 2.75) is 52.1 Å². The van der Waals surface area contributed by atoms with Crippen LogP contribution in [0.5, 0.6) is 0 Å². The number of rotatable bonds is 10. The van der Waals surface area contributed by atoms with Crippen LogP contribution in [-0.2, 0) is 4.74 Å². The molecule has 0 aliphatic heterocycles. The molecule has 0 spiro atoms. The average molecular weight is 469 g/mol. The van der Waals surface area contributed by atoms with Crippen molar-refractivity contribution in [3.8, 4) is 0 Å². The third kappa shape index (κ3) is 7.69. The molecule has 1 aromatic carbocycles. The van der Waals surface area contributed by atoms with Crippen molar-refractivity contribution in [1.82, 2.24) is 19.8 Å². The molecule has 0 saturated heterocycles. The smallest absolute Gasteiger partial charge is 0.413 e. The molecule has 184 valence electrons. The first-order chi connectivity index (χ1) is 16.5. The summed E-state index contributed by atoms with van der Waals surface area (Å²) < 4.78 is 5.48. The second kappa shape index (κ2) is 12.9. The number of ether oxygens (including phenoxy) is 1. The molecule has 1 aliphatic rings. The van der Waals surface area contributed by atoms with E-state index in [0.717, 1.165) is 51.0 Å². The molecular weight excluding hydrogens is 432 g/mol. The second-order valence-electron chi connectivity index (χ2n) is 8.51. The third-order valence-corrected chi connectivity index (χ3v) is 6.09. The molecule has 2 N–H and O–H groups in total. The summed E-state index contributed by atoms with van der Waals surface area (Å²) in [5.41, 5.74) is 1.36. The van der Waals surface area contributed by atoms with Gasteiger partial charge in [0.05, 0.1) is 0 Å². The number of benzene rings is 1. The number of carbonyl (C=O) groups excluding carboxylic acids is 2. The van der Waals surface area contributed by atoms with Gasteiger partial charge in [-0.3, -0.25) is 10.1 Å². The maximum Gasteiger partial charge on any atom is 0.413 e. The summed E-state index contributed by atoms with van der Waals surface area (Å²) in [6.45, 7) is 7.71. The lowest BCUT2D eigenvalue weighted by molar-refractivity contribution is 0.0779. The van der Waals surface area contributed by atoms with Crippen LogP contribution in [0.2, 0.25) is 0 Å². The van der Waals surface area contributed by atoms with E-state index in [4.69, 9.17) is 4.74 Å². The van der Waals surface area contributed by atoms with Crippen molar-refractivity contribution in [2.75, 3.05) is 43.9 Å². The summed E-state index contributed by atoms with van der Waals surface area (Å²) >= 11 is 0. The SMILES string of the molecule is CCN(CC)CCN(C)C(=O)c1ccc(Nc2nccc(NC(=O)OC3CCCCC3)n2)cc1. The number of nitrogens with zero attached hydrogens (tertiary/aromatic N) is 4. The van der Waals surface area contributed by atoms with E-state index >= 15 is 0 Å². The van der Waals surface area contributed by atoms with Crippen LogP contribution in [0.25, 0.3) is 0 Å². The Morgan fingerprint density at radius 2 is 1.74 bits per heavy atom. The number of hydrogen-bond donors (Lipinski definition) is 2. The number of hydrogen-bond acceptors (Lipinski definition) is 7. The van der Waals surface area contributed by atoms with Crippen molar-refractivity contribution < 1.29 is 14.3 Å². The van der Waals surface area contributed by atoms with Gasteiger partial charge >= 0.3 is 6.09 Å². The van der Waals surface area contributed by atoms with E-state index < -0.39 is 6.09 Å². The van der Waals surface area contributed by atoms with Crippen LogP contribution >= 0.6 is 0 Å². The Labute approximate surface area is 201 Å². The minimum Gasteiger partial charge on any atom is -0.446 e. The molecule has 34 heavy (non-hydrogen) atoms. The summed E-state index contributed by atoms with van der Waals surface area (Å²) in [7, 11) is 1.82. The van der Waals surface area contributed by atoms with Gasteiger partial charge in [-0.2, -0.15) is 4.98 Å². The predicted molar refractivity (Wildman–Crippen MR) is 133 cm³/mol. The Bertz CT molecular complexity index is 927. The zero-order valence-electron chi connectivity index (χ0n) is 20.4. The second-order valence-corrected chi connectivity index (χ2v) is 8.51. The summed E-state index contributed by atoms with van der Waals surface area (Å²) in [5.74, 6) is 0.684. The number of nitrogens with one attached hydrogen (secondary N) is 2. The quantitative estimate of drug-likeness (QED) is 0.529. The Morgan fingerprint density at radius 1 is 1.03 bits per heavy atom. The van der Waals surface area contributed by atoms with E-state index in [2.05, 4.69) is 39.3 Å². The maximum absolute atomic E-state index is 12.7. The fourth-order valence-corrected chi connectivity index (χ4v) is 3.94. The molecule has 1 saturated carbocycles. The largest absolute Gasteiger partial charge is 0.446 e. The molecule has 1 aliphatic carbocycles. The average Bonchev–Trinajstić information content (AvgIpc) is 2.85. The van der Waals surface area contributed by atoms with Crippen molar-refractivity contribution in [3.63, 3.8) is 0 Å². The van der Waals surface area contributed by atoms with E-state index in [1.807, 2.05) is 19.2 Å². The van der Waals surface area contributed by atoms with Gasteiger partial charge in [-0.25, -0.2) is 9.78 Å². The van der Waals surface area contributed by atoms with Gasteiger partial charge in [-0.15, -0.1) is 0 Å². The number of likely N-dealkylation sites (N-methyl/N-ethyl adjacent to an activating group) is 2. The van der Waals surface area contributed by atoms with E-state index in [1.54, 1.807) is 29.3 Å². The van der Waals surface area contributed by atoms with Crippen LogP contribution in [0.1, 0.15) is 56.3 Å². The lowest BCUT2D eigenvalue weighted by Gasteiger charge is -2.23. The monoisotopic (exact) mass is 468 g/mol. The lowest BCUT2D eigenvalue weighted by atomic mass is 9.98. The zero-order valence-corrected chi connectivity index (χ0v) is 20.4.